The number of benzene rings is 2. The topological polar surface area (TPSA) is 20.2 Å². The van der Waals surface area contributed by atoms with Gasteiger partial charge in [-0.05, 0) is 93.4 Å². The fraction of sp³-hybridized carbons (Fsp3) is 0.176. The lowest BCUT2D eigenvalue weighted by Gasteiger charge is -2.26. The molecule has 0 radical (unpaired) electrons. The third-order valence-corrected chi connectivity index (χ3v) is 5.14. The summed E-state index contributed by atoms with van der Waals surface area (Å²) in [6, 6.07) is 12.3. The van der Waals surface area contributed by atoms with Crippen molar-refractivity contribution < 1.29 is 5.11 Å². The summed E-state index contributed by atoms with van der Waals surface area (Å²) in [6.07, 6.45) is 7.55. The highest BCUT2D eigenvalue weighted by Gasteiger charge is 2.35. The molecule has 0 aromatic heterocycles. The Labute approximate surface area is 146 Å². The molecule has 100 valence electrons. The summed E-state index contributed by atoms with van der Waals surface area (Å²) < 4.78 is 2.17. The first-order chi connectivity index (χ1) is 9.54. The summed E-state index contributed by atoms with van der Waals surface area (Å²) >= 11 is 4.51. The minimum atomic E-state index is -1.33. The molecule has 0 aliphatic heterocycles. The van der Waals surface area contributed by atoms with Crippen LogP contribution in [0.1, 0.15) is 22.3 Å². The predicted molar refractivity (Wildman–Crippen MR) is 97.6 cm³/mol. The maximum atomic E-state index is 11.2. The van der Waals surface area contributed by atoms with E-state index in [1.165, 1.54) is 0 Å². The first-order valence-electron chi connectivity index (χ1n) is 6.32. The Morgan fingerprint density at radius 2 is 1.40 bits per heavy atom. The summed E-state index contributed by atoms with van der Waals surface area (Å²) in [5.41, 5.74) is 2.65. The summed E-state index contributed by atoms with van der Waals surface area (Å²) in [4.78, 5) is 0. The van der Waals surface area contributed by atoms with E-state index >= 15 is 0 Å². The van der Waals surface area contributed by atoms with Gasteiger partial charge in [-0.1, -0.05) is 18.1 Å². The number of hydrogen-bond acceptors (Lipinski definition) is 1. The molecule has 2 aromatic carbocycles. The number of aliphatic hydroxyl groups is 1. The Kier molecular flexibility index (Phi) is 3.82. The molecule has 2 aromatic rings. The Balaban J connectivity index is 2.34. The molecule has 0 unspecified atom stereocenters. The fourth-order valence-electron chi connectivity index (χ4n) is 2.78. The molecule has 1 aliphatic carbocycles. The van der Waals surface area contributed by atoms with Crippen molar-refractivity contribution in [3.8, 4) is 12.3 Å². The highest BCUT2D eigenvalue weighted by molar-refractivity contribution is 14.1. The first-order valence-corrected chi connectivity index (χ1v) is 8.48. The molecule has 0 saturated carbocycles. The predicted octanol–water partition coefficient (Wildman–Crippen LogP) is 3.86. The molecule has 1 N–H and O–H groups in total. The van der Waals surface area contributed by atoms with Gasteiger partial charge in [-0.2, -0.15) is 0 Å². The van der Waals surface area contributed by atoms with E-state index in [-0.39, 0.29) is 0 Å². The van der Waals surface area contributed by atoms with Gasteiger partial charge in [0.25, 0.3) is 0 Å². The lowest BCUT2D eigenvalue weighted by atomic mass is 9.84. The highest BCUT2D eigenvalue weighted by Crippen LogP contribution is 2.38. The molecule has 3 rings (SSSR count). The SMILES string of the molecule is C#CC1(O)c2cc(I)ccc2CCc2ccc(I)cc21. The van der Waals surface area contributed by atoms with Crippen molar-refractivity contribution in [1.82, 2.24) is 0 Å². The van der Waals surface area contributed by atoms with Crippen LogP contribution in [0.25, 0.3) is 0 Å². The molecule has 0 bridgehead atoms. The van der Waals surface area contributed by atoms with Gasteiger partial charge >= 0.3 is 0 Å². The average Bonchev–Trinajstić information content (AvgIpc) is 2.56. The maximum absolute atomic E-state index is 11.2. The number of aryl methyl sites for hydroxylation is 2. The molecule has 0 heterocycles. The zero-order valence-electron chi connectivity index (χ0n) is 10.7. The molecule has 0 saturated heterocycles. The normalized spacial score (nSPS) is 15.7. The van der Waals surface area contributed by atoms with Gasteiger partial charge in [0, 0.05) is 18.3 Å². The van der Waals surface area contributed by atoms with Crippen LogP contribution in [-0.2, 0) is 18.4 Å². The van der Waals surface area contributed by atoms with E-state index in [0.717, 1.165) is 42.2 Å². The number of rotatable bonds is 0. The fourth-order valence-corrected chi connectivity index (χ4v) is 3.76. The highest BCUT2D eigenvalue weighted by atomic mass is 127. The van der Waals surface area contributed by atoms with Crippen molar-refractivity contribution in [2.24, 2.45) is 0 Å². The second-order valence-corrected chi connectivity index (χ2v) is 7.45. The van der Waals surface area contributed by atoms with E-state index in [4.69, 9.17) is 6.42 Å². The van der Waals surface area contributed by atoms with Gasteiger partial charge in [-0.3, -0.25) is 0 Å². The number of terminal acetylenes is 1. The second-order valence-electron chi connectivity index (χ2n) is 4.96. The Hall–Kier alpha value is -0.580. The van der Waals surface area contributed by atoms with E-state index in [9.17, 15) is 5.11 Å². The largest absolute Gasteiger partial charge is 0.369 e. The molecule has 0 atom stereocenters. The Morgan fingerprint density at radius 1 is 0.950 bits per heavy atom. The summed E-state index contributed by atoms with van der Waals surface area (Å²) in [5.74, 6) is 2.64. The zero-order valence-corrected chi connectivity index (χ0v) is 15.0. The van der Waals surface area contributed by atoms with Gasteiger partial charge in [-0.25, -0.2) is 0 Å². The van der Waals surface area contributed by atoms with E-state index < -0.39 is 5.60 Å². The van der Waals surface area contributed by atoms with Gasteiger partial charge in [-0.15, -0.1) is 6.42 Å². The van der Waals surface area contributed by atoms with Crippen LogP contribution >= 0.6 is 45.2 Å². The van der Waals surface area contributed by atoms with E-state index in [1.807, 2.05) is 12.1 Å². The van der Waals surface area contributed by atoms with Crippen LogP contribution < -0.4 is 0 Å². The molecule has 1 nitrogen and oxygen atoms in total. The average molecular weight is 486 g/mol. The smallest absolute Gasteiger partial charge is 0.177 e. The van der Waals surface area contributed by atoms with Crippen LogP contribution in [0, 0.1) is 19.5 Å². The van der Waals surface area contributed by atoms with Crippen LogP contribution in [0.2, 0.25) is 0 Å². The Bertz CT molecular complexity index is 675. The minimum Gasteiger partial charge on any atom is -0.369 e. The third kappa shape index (κ3) is 2.28. The van der Waals surface area contributed by atoms with Crippen molar-refractivity contribution >= 4 is 45.2 Å². The van der Waals surface area contributed by atoms with E-state index in [0.29, 0.717) is 0 Å². The molecule has 0 amide bonds. The van der Waals surface area contributed by atoms with Crippen LogP contribution in [0.4, 0.5) is 0 Å². The lowest BCUT2D eigenvalue weighted by molar-refractivity contribution is 0.144. The molecule has 20 heavy (non-hydrogen) atoms. The minimum absolute atomic E-state index is 0.854. The van der Waals surface area contributed by atoms with E-state index in [2.05, 4.69) is 75.4 Å². The molecular weight excluding hydrogens is 474 g/mol. The lowest BCUT2D eigenvalue weighted by Crippen LogP contribution is -2.27. The summed E-state index contributed by atoms with van der Waals surface area (Å²) in [6.45, 7) is 0. The number of halogens is 2. The van der Waals surface area contributed by atoms with Crippen molar-refractivity contribution in [3.05, 3.63) is 65.8 Å². The monoisotopic (exact) mass is 486 g/mol. The summed E-state index contributed by atoms with van der Waals surface area (Å²) in [5, 5.41) is 11.2. The quantitative estimate of drug-likeness (QED) is 0.443. The van der Waals surface area contributed by atoms with Crippen LogP contribution in [0.3, 0.4) is 0 Å². The van der Waals surface area contributed by atoms with Gasteiger partial charge in [0.05, 0.1) is 0 Å². The third-order valence-electron chi connectivity index (χ3n) is 3.80. The van der Waals surface area contributed by atoms with Crippen LogP contribution in [0.5, 0.6) is 0 Å². The number of hydrogen-bond donors (Lipinski definition) is 1. The second kappa shape index (κ2) is 5.32. The Morgan fingerprint density at radius 3 is 1.80 bits per heavy atom. The van der Waals surface area contributed by atoms with Crippen LogP contribution in [0.15, 0.2) is 36.4 Å². The van der Waals surface area contributed by atoms with Crippen molar-refractivity contribution in [2.45, 2.75) is 18.4 Å². The molecular formula is C17H12I2O. The van der Waals surface area contributed by atoms with Gasteiger partial charge < -0.3 is 5.11 Å². The van der Waals surface area contributed by atoms with Crippen molar-refractivity contribution in [2.75, 3.05) is 0 Å². The zero-order chi connectivity index (χ0) is 14.3. The molecule has 1 aliphatic rings. The molecule has 3 heteroatoms. The van der Waals surface area contributed by atoms with Crippen LogP contribution in [-0.4, -0.2) is 5.11 Å². The van der Waals surface area contributed by atoms with Crippen molar-refractivity contribution in [1.29, 1.82) is 0 Å². The summed E-state index contributed by atoms with van der Waals surface area (Å²) in [7, 11) is 0. The van der Waals surface area contributed by atoms with E-state index in [1.54, 1.807) is 0 Å². The molecule has 0 fully saturated rings. The van der Waals surface area contributed by atoms with Crippen molar-refractivity contribution in [3.63, 3.8) is 0 Å². The van der Waals surface area contributed by atoms with Gasteiger partial charge in [0.15, 0.2) is 5.60 Å². The van der Waals surface area contributed by atoms with Gasteiger partial charge in [0.1, 0.15) is 0 Å². The van der Waals surface area contributed by atoms with Gasteiger partial charge in [0.2, 0.25) is 0 Å². The standard InChI is InChI=1S/C17H12I2O/c1-2-17(20)15-9-13(18)7-5-11(15)3-4-12-6-8-14(19)10-16(12)17/h1,5-10,20H,3-4H2. The first kappa shape index (κ1) is 14.4. The maximum Gasteiger partial charge on any atom is 0.177 e. The number of fused-ring (bicyclic) bond motifs is 2. The molecule has 0 spiro atoms.